The number of carbonyl (C=O) groups is 1. The van der Waals surface area contributed by atoms with Gasteiger partial charge in [-0.05, 0) is 17.7 Å². The van der Waals surface area contributed by atoms with Crippen LogP contribution < -0.4 is 10.1 Å². The lowest BCUT2D eigenvalue weighted by Crippen LogP contribution is -2.23. The molecule has 0 fully saturated rings. The molecule has 0 aliphatic carbocycles. The SMILES string of the molecule is COc1ccc(C2CC(=O)Nc3ccc4cn[nH]c4c32)cn1. The number of fused-ring (bicyclic) bond motifs is 3. The summed E-state index contributed by atoms with van der Waals surface area (Å²) in [6.45, 7) is 0. The molecule has 110 valence electrons. The number of carbonyl (C=O) groups excluding carboxylic acids is 1. The summed E-state index contributed by atoms with van der Waals surface area (Å²) < 4.78 is 5.10. The van der Waals surface area contributed by atoms with Gasteiger partial charge in [0.25, 0.3) is 0 Å². The van der Waals surface area contributed by atoms with E-state index < -0.39 is 0 Å². The fourth-order valence-corrected chi connectivity index (χ4v) is 3.00. The van der Waals surface area contributed by atoms with Crippen molar-refractivity contribution in [1.29, 1.82) is 0 Å². The number of hydrogen-bond donors (Lipinski definition) is 2. The molecule has 3 aromatic rings. The highest BCUT2D eigenvalue weighted by Gasteiger charge is 2.29. The molecule has 1 amide bonds. The van der Waals surface area contributed by atoms with E-state index in [1.54, 1.807) is 19.5 Å². The third-order valence-corrected chi connectivity index (χ3v) is 4.04. The Kier molecular flexibility index (Phi) is 2.82. The molecule has 6 nitrogen and oxygen atoms in total. The Morgan fingerprint density at radius 1 is 1.23 bits per heavy atom. The zero-order valence-electron chi connectivity index (χ0n) is 12.0. The van der Waals surface area contributed by atoms with E-state index in [0.29, 0.717) is 12.3 Å². The molecule has 0 spiro atoms. The van der Waals surface area contributed by atoms with E-state index in [-0.39, 0.29) is 11.8 Å². The molecule has 2 N–H and O–H groups in total. The average molecular weight is 294 g/mol. The fraction of sp³-hybridized carbons (Fsp3) is 0.188. The van der Waals surface area contributed by atoms with E-state index in [0.717, 1.165) is 27.7 Å². The zero-order valence-corrected chi connectivity index (χ0v) is 12.0. The van der Waals surface area contributed by atoms with Gasteiger partial charge in [0.2, 0.25) is 11.8 Å². The van der Waals surface area contributed by atoms with Crippen LogP contribution in [0.3, 0.4) is 0 Å². The van der Waals surface area contributed by atoms with Gasteiger partial charge in [0.05, 0.1) is 18.8 Å². The van der Waals surface area contributed by atoms with E-state index in [2.05, 4.69) is 20.5 Å². The van der Waals surface area contributed by atoms with Crippen LogP contribution in [-0.4, -0.2) is 28.2 Å². The molecule has 1 aliphatic rings. The summed E-state index contributed by atoms with van der Waals surface area (Å²) in [7, 11) is 1.58. The Morgan fingerprint density at radius 2 is 2.14 bits per heavy atom. The lowest BCUT2D eigenvalue weighted by molar-refractivity contribution is -0.116. The molecule has 1 atom stereocenters. The van der Waals surface area contributed by atoms with Gasteiger partial charge in [0, 0.05) is 41.2 Å². The zero-order chi connectivity index (χ0) is 15.1. The number of ether oxygens (including phenoxy) is 1. The summed E-state index contributed by atoms with van der Waals surface area (Å²) in [5.74, 6) is 0.516. The molecule has 4 rings (SSSR count). The summed E-state index contributed by atoms with van der Waals surface area (Å²) in [5.41, 5.74) is 3.83. The molecule has 0 saturated heterocycles. The predicted molar refractivity (Wildman–Crippen MR) is 82.0 cm³/mol. The van der Waals surface area contributed by atoms with Gasteiger partial charge in [-0.3, -0.25) is 9.89 Å². The molecule has 6 heteroatoms. The monoisotopic (exact) mass is 294 g/mol. The first kappa shape index (κ1) is 12.8. The average Bonchev–Trinajstić information content (AvgIpc) is 3.02. The summed E-state index contributed by atoms with van der Waals surface area (Å²) >= 11 is 0. The number of pyridine rings is 1. The number of rotatable bonds is 2. The van der Waals surface area contributed by atoms with Crippen LogP contribution in [-0.2, 0) is 4.79 Å². The molecule has 2 aromatic heterocycles. The highest BCUT2D eigenvalue weighted by Crippen LogP contribution is 2.40. The number of benzene rings is 1. The van der Waals surface area contributed by atoms with E-state index >= 15 is 0 Å². The molecule has 1 aliphatic heterocycles. The second kappa shape index (κ2) is 4.84. The first-order valence-electron chi connectivity index (χ1n) is 7.02. The van der Waals surface area contributed by atoms with Crippen LogP contribution in [0.25, 0.3) is 10.9 Å². The third kappa shape index (κ3) is 1.92. The second-order valence-corrected chi connectivity index (χ2v) is 5.30. The predicted octanol–water partition coefficient (Wildman–Crippen LogP) is 2.44. The quantitative estimate of drug-likeness (QED) is 0.760. The molecular weight excluding hydrogens is 280 g/mol. The Morgan fingerprint density at radius 3 is 2.91 bits per heavy atom. The van der Waals surface area contributed by atoms with Crippen LogP contribution in [0.4, 0.5) is 5.69 Å². The first-order chi connectivity index (χ1) is 10.8. The number of aromatic nitrogens is 3. The summed E-state index contributed by atoms with van der Waals surface area (Å²) in [4.78, 5) is 16.3. The molecular formula is C16H14N4O2. The van der Waals surface area contributed by atoms with Crippen molar-refractivity contribution in [2.45, 2.75) is 12.3 Å². The Balaban J connectivity index is 1.89. The van der Waals surface area contributed by atoms with Crippen molar-refractivity contribution in [2.24, 2.45) is 0 Å². The minimum Gasteiger partial charge on any atom is -0.481 e. The minimum atomic E-state index is -0.0497. The number of nitrogens with zero attached hydrogens (tertiary/aromatic N) is 2. The van der Waals surface area contributed by atoms with Gasteiger partial charge < -0.3 is 10.1 Å². The van der Waals surface area contributed by atoms with Crippen molar-refractivity contribution in [3.63, 3.8) is 0 Å². The van der Waals surface area contributed by atoms with Crippen LogP contribution in [0, 0.1) is 0 Å². The smallest absolute Gasteiger partial charge is 0.225 e. The number of nitrogens with one attached hydrogen (secondary N) is 2. The maximum absolute atomic E-state index is 12.0. The molecule has 1 aromatic carbocycles. The molecule has 1 unspecified atom stereocenters. The van der Waals surface area contributed by atoms with Crippen molar-refractivity contribution >= 4 is 22.5 Å². The lowest BCUT2D eigenvalue weighted by atomic mass is 9.84. The van der Waals surface area contributed by atoms with E-state index in [1.807, 2.05) is 24.3 Å². The Hall–Kier alpha value is -2.89. The molecule has 3 heterocycles. The van der Waals surface area contributed by atoms with Crippen molar-refractivity contribution in [2.75, 3.05) is 12.4 Å². The fourth-order valence-electron chi connectivity index (χ4n) is 3.00. The maximum Gasteiger partial charge on any atom is 0.225 e. The highest BCUT2D eigenvalue weighted by molar-refractivity contribution is 6.00. The number of aromatic amines is 1. The first-order valence-corrected chi connectivity index (χ1v) is 7.02. The summed E-state index contributed by atoms with van der Waals surface area (Å²) in [6, 6.07) is 7.64. The minimum absolute atomic E-state index is 0.00665. The van der Waals surface area contributed by atoms with Gasteiger partial charge in [-0.1, -0.05) is 6.07 Å². The van der Waals surface area contributed by atoms with Crippen molar-refractivity contribution < 1.29 is 9.53 Å². The molecule has 0 radical (unpaired) electrons. The number of methoxy groups -OCH3 is 1. The van der Waals surface area contributed by atoms with E-state index in [4.69, 9.17) is 4.74 Å². The van der Waals surface area contributed by atoms with Crippen LogP contribution >= 0.6 is 0 Å². The van der Waals surface area contributed by atoms with Crippen molar-refractivity contribution in [1.82, 2.24) is 15.2 Å². The number of amides is 1. The number of H-pyrrole nitrogens is 1. The maximum atomic E-state index is 12.0. The summed E-state index contributed by atoms with van der Waals surface area (Å²) in [6.07, 6.45) is 3.94. The van der Waals surface area contributed by atoms with Crippen molar-refractivity contribution in [3.8, 4) is 5.88 Å². The molecule has 0 bridgehead atoms. The third-order valence-electron chi connectivity index (χ3n) is 4.04. The van der Waals surface area contributed by atoms with E-state index in [1.165, 1.54) is 0 Å². The topological polar surface area (TPSA) is 79.9 Å². The van der Waals surface area contributed by atoms with Gasteiger partial charge in [-0.25, -0.2) is 4.98 Å². The largest absolute Gasteiger partial charge is 0.481 e. The highest BCUT2D eigenvalue weighted by atomic mass is 16.5. The van der Waals surface area contributed by atoms with Gasteiger partial charge in [0.1, 0.15) is 0 Å². The van der Waals surface area contributed by atoms with Crippen LogP contribution in [0.15, 0.2) is 36.7 Å². The molecule has 22 heavy (non-hydrogen) atoms. The van der Waals surface area contributed by atoms with Gasteiger partial charge in [-0.2, -0.15) is 5.10 Å². The number of anilines is 1. The molecule has 0 saturated carbocycles. The normalized spacial score (nSPS) is 17.1. The van der Waals surface area contributed by atoms with Crippen LogP contribution in [0.2, 0.25) is 0 Å². The Bertz CT molecular complexity index is 854. The van der Waals surface area contributed by atoms with E-state index in [9.17, 15) is 4.79 Å². The second-order valence-electron chi connectivity index (χ2n) is 5.30. The van der Waals surface area contributed by atoms with Crippen LogP contribution in [0.5, 0.6) is 5.88 Å². The lowest BCUT2D eigenvalue weighted by Gasteiger charge is -2.26. The number of hydrogen-bond acceptors (Lipinski definition) is 4. The Labute approximate surface area is 126 Å². The van der Waals surface area contributed by atoms with Gasteiger partial charge >= 0.3 is 0 Å². The van der Waals surface area contributed by atoms with Gasteiger partial charge in [-0.15, -0.1) is 0 Å². The summed E-state index contributed by atoms with van der Waals surface area (Å²) in [5, 5.41) is 11.1. The standard InChI is InChI=1S/C16H14N4O2/c1-22-14-5-3-9(7-17-14)11-6-13(21)19-12-4-2-10-8-18-20-16(10)15(11)12/h2-5,7-8,11H,6H2,1H3,(H,18,20)(H,19,21). The van der Waals surface area contributed by atoms with Crippen LogP contribution in [0.1, 0.15) is 23.5 Å². The van der Waals surface area contributed by atoms with Crippen molar-refractivity contribution in [3.05, 3.63) is 47.8 Å². The van der Waals surface area contributed by atoms with Gasteiger partial charge in [0.15, 0.2) is 0 Å².